The summed E-state index contributed by atoms with van der Waals surface area (Å²) in [4.78, 5) is 24.2. The molecule has 114 valence electrons. The zero-order valence-electron chi connectivity index (χ0n) is 11.3. The number of anilines is 1. The minimum atomic E-state index is -3.71. The number of nitrogens with one attached hydrogen (secondary N) is 3. The molecule has 2 heterocycles. The van der Waals surface area contributed by atoms with E-state index >= 15 is 0 Å². The third-order valence-corrected chi connectivity index (χ3v) is 5.90. The molecule has 2 aromatic heterocycles. The highest BCUT2D eigenvalue weighted by Crippen LogP contribution is 2.24. The van der Waals surface area contributed by atoms with Crippen LogP contribution in [-0.4, -0.2) is 18.6 Å². The average molecular weight is 337 g/mol. The molecular formula is C13H11N3O4S2. The van der Waals surface area contributed by atoms with Gasteiger partial charge in [0.1, 0.15) is 4.21 Å². The Labute approximate surface area is 128 Å². The van der Waals surface area contributed by atoms with Crippen LogP contribution in [0.3, 0.4) is 0 Å². The molecule has 3 rings (SSSR count). The fourth-order valence-corrected chi connectivity index (χ4v) is 4.34. The second kappa shape index (κ2) is 5.11. The lowest BCUT2D eigenvalue weighted by Crippen LogP contribution is -2.19. The van der Waals surface area contributed by atoms with E-state index in [4.69, 9.17) is 0 Å². The predicted molar refractivity (Wildman–Crippen MR) is 85.1 cm³/mol. The van der Waals surface area contributed by atoms with Gasteiger partial charge in [-0.1, -0.05) is 0 Å². The van der Waals surface area contributed by atoms with Crippen molar-refractivity contribution in [3.05, 3.63) is 55.9 Å². The van der Waals surface area contributed by atoms with Crippen LogP contribution >= 0.6 is 11.3 Å². The summed E-state index contributed by atoms with van der Waals surface area (Å²) in [5.41, 5.74) is -0.727. The summed E-state index contributed by atoms with van der Waals surface area (Å²) in [7, 11) is -3.71. The van der Waals surface area contributed by atoms with E-state index in [0.29, 0.717) is 0 Å². The molecule has 3 N–H and O–H groups in total. The minimum Gasteiger partial charge on any atom is -0.279 e. The van der Waals surface area contributed by atoms with Crippen molar-refractivity contribution in [3.63, 3.8) is 0 Å². The minimum absolute atomic E-state index is 0.117. The number of rotatable bonds is 3. The highest BCUT2D eigenvalue weighted by molar-refractivity contribution is 7.94. The third kappa shape index (κ3) is 2.55. The molecule has 0 amide bonds. The molecule has 0 spiro atoms. The number of sulfonamides is 1. The molecule has 0 unspecified atom stereocenters. The lowest BCUT2D eigenvalue weighted by atomic mass is 10.2. The maximum Gasteiger partial charge on any atom is 0.271 e. The maximum atomic E-state index is 12.2. The molecule has 9 heteroatoms. The molecular weight excluding hydrogens is 326 g/mol. The van der Waals surface area contributed by atoms with Crippen molar-refractivity contribution >= 4 is 37.8 Å². The van der Waals surface area contributed by atoms with Crippen molar-refractivity contribution in [2.24, 2.45) is 0 Å². The molecule has 0 bridgehead atoms. The standard InChI is InChI=1S/C13H11N3O4S2/c1-7-2-5-11(21-7)22(19,20)16-8-3-4-9-10(6-8)13(18)15-14-12(9)17/h2-6,16H,1H3,(H,14,17)(H,15,18). The van der Waals surface area contributed by atoms with E-state index in [-0.39, 0.29) is 20.7 Å². The lowest BCUT2D eigenvalue weighted by Gasteiger charge is -2.06. The number of aryl methyl sites for hydroxylation is 1. The van der Waals surface area contributed by atoms with Gasteiger partial charge in [0.25, 0.3) is 21.1 Å². The molecule has 7 nitrogen and oxygen atoms in total. The Hall–Kier alpha value is -2.39. The summed E-state index contributed by atoms with van der Waals surface area (Å²) >= 11 is 1.15. The predicted octanol–water partition coefficient (Wildman–Crippen LogP) is 1.39. The van der Waals surface area contributed by atoms with E-state index < -0.39 is 21.1 Å². The number of H-pyrrole nitrogens is 2. The number of aromatic nitrogens is 2. The zero-order valence-corrected chi connectivity index (χ0v) is 13.0. The molecule has 0 atom stereocenters. The monoisotopic (exact) mass is 337 g/mol. The molecule has 22 heavy (non-hydrogen) atoms. The van der Waals surface area contributed by atoms with Crippen molar-refractivity contribution in [2.45, 2.75) is 11.1 Å². The molecule has 0 saturated carbocycles. The third-order valence-electron chi connectivity index (χ3n) is 3.03. The Bertz CT molecular complexity index is 1080. The molecule has 1 aromatic carbocycles. The van der Waals surface area contributed by atoms with E-state index in [1.165, 1.54) is 24.3 Å². The number of hydrogen-bond donors (Lipinski definition) is 3. The van der Waals surface area contributed by atoms with Crippen molar-refractivity contribution < 1.29 is 8.42 Å². The summed E-state index contributed by atoms with van der Waals surface area (Å²) in [5.74, 6) is 0. The number of benzene rings is 1. The topological polar surface area (TPSA) is 112 Å². The first kappa shape index (κ1) is 14.5. The lowest BCUT2D eigenvalue weighted by molar-refractivity contribution is 0.603. The second-order valence-corrected chi connectivity index (χ2v) is 7.84. The van der Waals surface area contributed by atoms with Crippen molar-refractivity contribution in [1.29, 1.82) is 0 Å². The summed E-state index contributed by atoms with van der Waals surface area (Å²) in [6.07, 6.45) is 0. The van der Waals surface area contributed by atoms with Gasteiger partial charge < -0.3 is 0 Å². The molecule has 3 aromatic rings. The van der Waals surface area contributed by atoms with Gasteiger partial charge in [-0.25, -0.2) is 8.42 Å². The van der Waals surface area contributed by atoms with E-state index in [1.807, 2.05) is 6.92 Å². The molecule has 0 aliphatic rings. The number of fused-ring (bicyclic) bond motifs is 1. The smallest absolute Gasteiger partial charge is 0.271 e. The van der Waals surface area contributed by atoms with Gasteiger partial charge in [-0.2, -0.15) is 0 Å². The molecule has 0 fully saturated rings. The van der Waals surface area contributed by atoms with E-state index in [0.717, 1.165) is 16.2 Å². The maximum absolute atomic E-state index is 12.2. The van der Waals surface area contributed by atoms with E-state index in [1.54, 1.807) is 6.07 Å². The Morgan fingerprint density at radius 1 is 1.00 bits per heavy atom. The first-order valence-corrected chi connectivity index (χ1v) is 8.51. The molecule has 0 radical (unpaired) electrons. The van der Waals surface area contributed by atoms with Gasteiger partial charge in [-0.3, -0.25) is 24.5 Å². The largest absolute Gasteiger partial charge is 0.279 e. The van der Waals surface area contributed by atoms with Crippen LogP contribution in [0.1, 0.15) is 4.88 Å². The van der Waals surface area contributed by atoms with Gasteiger partial charge >= 0.3 is 0 Å². The summed E-state index contributed by atoms with van der Waals surface area (Å²) in [5, 5.41) is 4.72. The van der Waals surface area contributed by atoms with Gasteiger partial charge in [-0.15, -0.1) is 11.3 Å². The molecule has 0 aliphatic carbocycles. The number of aromatic amines is 2. The van der Waals surface area contributed by atoms with Crippen molar-refractivity contribution in [3.8, 4) is 0 Å². The summed E-state index contributed by atoms with van der Waals surface area (Å²) in [6.45, 7) is 1.81. The van der Waals surface area contributed by atoms with Gasteiger partial charge in [0.2, 0.25) is 0 Å². The van der Waals surface area contributed by atoms with Gasteiger partial charge in [0.05, 0.1) is 10.8 Å². The fourth-order valence-electron chi connectivity index (χ4n) is 2.00. The van der Waals surface area contributed by atoms with Crippen LogP contribution in [0.25, 0.3) is 10.8 Å². The van der Waals surface area contributed by atoms with Crippen LogP contribution in [0.4, 0.5) is 5.69 Å². The number of hydrogen-bond acceptors (Lipinski definition) is 5. The fraction of sp³-hybridized carbons (Fsp3) is 0.0769. The first-order chi connectivity index (χ1) is 10.4. The SMILES string of the molecule is Cc1ccc(S(=O)(=O)Nc2ccc3c(=O)[nH][nH]c(=O)c3c2)s1. The quantitative estimate of drug-likeness (QED) is 0.670. The highest BCUT2D eigenvalue weighted by Gasteiger charge is 2.16. The second-order valence-electron chi connectivity index (χ2n) is 4.64. The van der Waals surface area contributed by atoms with Crippen LogP contribution in [0.15, 0.2) is 44.1 Å². The average Bonchev–Trinajstić information content (AvgIpc) is 2.90. The Balaban J connectivity index is 2.07. The van der Waals surface area contributed by atoms with E-state index in [2.05, 4.69) is 14.9 Å². The van der Waals surface area contributed by atoms with Crippen LogP contribution in [0.2, 0.25) is 0 Å². The van der Waals surface area contributed by atoms with Crippen molar-refractivity contribution in [1.82, 2.24) is 10.2 Å². The first-order valence-electron chi connectivity index (χ1n) is 6.21. The highest BCUT2D eigenvalue weighted by atomic mass is 32.2. The normalized spacial score (nSPS) is 11.7. The zero-order chi connectivity index (χ0) is 15.9. The molecule has 0 saturated heterocycles. The summed E-state index contributed by atoms with van der Waals surface area (Å²) in [6, 6.07) is 7.40. The van der Waals surface area contributed by atoms with Crippen LogP contribution in [-0.2, 0) is 10.0 Å². The van der Waals surface area contributed by atoms with Crippen molar-refractivity contribution in [2.75, 3.05) is 4.72 Å². The Morgan fingerprint density at radius 2 is 1.68 bits per heavy atom. The Kier molecular flexibility index (Phi) is 3.38. The molecule has 0 aliphatic heterocycles. The van der Waals surface area contributed by atoms with Gasteiger partial charge in [-0.05, 0) is 37.3 Å². The Morgan fingerprint density at radius 3 is 2.32 bits per heavy atom. The van der Waals surface area contributed by atoms with Gasteiger partial charge in [0.15, 0.2) is 0 Å². The summed E-state index contributed by atoms with van der Waals surface area (Å²) < 4.78 is 27.1. The van der Waals surface area contributed by atoms with Gasteiger partial charge in [0, 0.05) is 10.6 Å². The number of thiophene rings is 1. The van der Waals surface area contributed by atoms with E-state index in [9.17, 15) is 18.0 Å². The van der Waals surface area contributed by atoms with Crippen LogP contribution in [0.5, 0.6) is 0 Å². The van der Waals surface area contributed by atoms with Crippen LogP contribution in [0, 0.1) is 6.92 Å². The van der Waals surface area contributed by atoms with Crippen LogP contribution < -0.4 is 15.8 Å².